The Balaban J connectivity index is 2.65. The molecule has 1 N–H and O–H groups in total. The fourth-order valence-corrected chi connectivity index (χ4v) is 1.98. The summed E-state index contributed by atoms with van der Waals surface area (Å²) in [4.78, 5) is 24.2. The van der Waals surface area contributed by atoms with Gasteiger partial charge in [-0.15, -0.1) is 0 Å². The summed E-state index contributed by atoms with van der Waals surface area (Å²) in [7, 11) is 0. The van der Waals surface area contributed by atoms with E-state index in [1.807, 2.05) is 34.6 Å². The lowest BCUT2D eigenvalue weighted by Gasteiger charge is -2.30. The maximum atomic E-state index is 12.2. The van der Waals surface area contributed by atoms with Gasteiger partial charge >= 0.3 is 5.97 Å². The summed E-state index contributed by atoms with van der Waals surface area (Å²) < 4.78 is 5.40. The van der Waals surface area contributed by atoms with Crippen molar-refractivity contribution >= 4 is 11.9 Å². The van der Waals surface area contributed by atoms with E-state index >= 15 is 0 Å². The molecule has 0 heterocycles. The highest BCUT2D eigenvalue weighted by Crippen LogP contribution is 2.27. The van der Waals surface area contributed by atoms with Gasteiger partial charge in [-0.25, -0.2) is 4.79 Å². The van der Waals surface area contributed by atoms with Gasteiger partial charge in [0.25, 0.3) is 0 Å². The Kier molecular flexibility index (Phi) is 5.39. The molecule has 1 aliphatic carbocycles. The number of carbonyl (C=O) groups is 2. The first kappa shape index (κ1) is 16.0. The molecule has 0 aromatic carbocycles. The van der Waals surface area contributed by atoms with Gasteiger partial charge in [-0.2, -0.15) is 0 Å². The predicted octanol–water partition coefficient (Wildman–Crippen LogP) is 2.66. The second-order valence-corrected chi connectivity index (χ2v) is 6.53. The molecule has 1 amide bonds. The van der Waals surface area contributed by atoms with E-state index in [0.29, 0.717) is 0 Å². The van der Waals surface area contributed by atoms with Crippen molar-refractivity contribution in [3.8, 4) is 0 Å². The number of ether oxygens (including phenoxy) is 1. The van der Waals surface area contributed by atoms with Crippen molar-refractivity contribution in [2.24, 2.45) is 11.8 Å². The average molecular weight is 269 g/mol. The van der Waals surface area contributed by atoms with Crippen LogP contribution < -0.4 is 5.32 Å². The van der Waals surface area contributed by atoms with Crippen LogP contribution in [0.25, 0.3) is 0 Å². The van der Waals surface area contributed by atoms with E-state index in [1.165, 1.54) is 0 Å². The second kappa shape index (κ2) is 6.40. The van der Waals surface area contributed by atoms with Crippen LogP contribution in [0.15, 0.2) is 0 Å². The van der Waals surface area contributed by atoms with Crippen LogP contribution in [0.2, 0.25) is 0 Å². The number of esters is 1. The summed E-state index contributed by atoms with van der Waals surface area (Å²) in [5, 5.41) is 2.88. The summed E-state index contributed by atoms with van der Waals surface area (Å²) >= 11 is 0. The van der Waals surface area contributed by atoms with Crippen LogP contribution in [0.1, 0.15) is 60.3 Å². The van der Waals surface area contributed by atoms with Crippen molar-refractivity contribution in [1.29, 1.82) is 0 Å². The van der Waals surface area contributed by atoms with Gasteiger partial charge in [0, 0.05) is 5.92 Å². The molecular weight excluding hydrogens is 242 g/mol. The minimum Gasteiger partial charge on any atom is -0.458 e. The Morgan fingerprint density at radius 2 is 1.89 bits per heavy atom. The van der Waals surface area contributed by atoms with Crippen molar-refractivity contribution in [1.82, 2.24) is 5.32 Å². The van der Waals surface area contributed by atoms with E-state index in [4.69, 9.17) is 4.74 Å². The number of hydrogen-bond acceptors (Lipinski definition) is 3. The lowest BCUT2D eigenvalue weighted by molar-refractivity contribution is -0.160. The molecule has 1 fully saturated rings. The quantitative estimate of drug-likeness (QED) is 0.781. The van der Waals surface area contributed by atoms with Crippen LogP contribution in [0.3, 0.4) is 0 Å². The predicted molar refractivity (Wildman–Crippen MR) is 74.6 cm³/mol. The summed E-state index contributed by atoms with van der Waals surface area (Å²) in [6.45, 7) is 9.50. The molecule has 4 nitrogen and oxygen atoms in total. The zero-order chi connectivity index (χ0) is 14.6. The van der Waals surface area contributed by atoms with Crippen molar-refractivity contribution in [3.05, 3.63) is 0 Å². The lowest BCUT2D eigenvalue weighted by atomic mass is 9.84. The third kappa shape index (κ3) is 4.84. The monoisotopic (exact) mass is 269 g/mol. The Morgan fingerprint density at radius 3 is 2.26 bits per heavy atom. The third-order valence-electron chi connectivity index (χ3n) is 3.65. The van der Waals surface area contributed by atoms with Gasteiger partial charge in [-0.1, -0.05) is 26.7 Å². The fraction of sp³-hybridized carbons (Fsp3) is 0.867. The van der Waals surface area contributed by atoms with Crippen molar-refractivity contribution in [2.75, 3.05) is 0 Å². The molecule has 1 aliphatic rings. The van der Waals surface area contributed by atoms with E-state index in [9.17, 15) is 9.59 Å². The molecule has 0 aromatic rings. The van der Waals surface area contributed by atoms with Crippen molar-refractivity contribution in [2.45, 2.75) is 71.9 Å². The fourth-order valence-electron chi connectivity index (χ4n) is 1.98. The standard InChI is InChI=1S/C15H27NO3/c1-6-10(2)12(14(18)19-15(3,4)5)16-13(17)11-8-7-9-11/h10-12H,6-9H2,1-5H3,(H,16,17)/t10-,12-/m0/s1. The Morgan fingerprint density at radius 1 is 1.32 bits per heavy atom. The first-order valence-electron chi connectivity index (χ1n) is 7.28. The summed E-state index contributed by atoms with van der Waals surface area (Å²) in [5.41, 5.74) is -0.524. The van der Waals surface area contributed by atoms with Crippen LogP contribution in [-0.4, -0.2) is 23.5 Å². The topological polar surface area (TPSA) is 55.4 Å². The lowest BCUT2D eigenvalue weighted by Crippen LogP contribution is -2.50. The molecule has 110 valence electrons. The van der Waals surface area contributed by atoms with Gasteiger partial charge in [0.15, 0.2) is 0 Å². The van der Waals surface area contributed by atoms with Crippen LogP contribution in [-0.2, 0) is 14.3 Å². The van der Waals surface area contributed by atoms with Gasteiger partial charge in [-0.3, -0.25) is 4.79 Å². The number of amides is 1. The Labute approximate surface area is 116 Å². The Hall–Kier alpha value is -1.06. The summed E-state index contributed by atoms with van der Waals surface area (Å²) in [5.74, 6) is -0.148. The molecule has 2 atom stereocenters. The van der Waals surface area contributed by atoms with Crippen LogP contribution in [0.4, 0.5) is 0 Å². The summed E-state index contributed by atoms with van der Waals surface area (Å²) in [6, 6.07) is -0.530. The van der Waals surface area contributed by atoms with E-state index in [-0.39, 0.29) is 23.7 Å². The zero-order valence-corrected chi connectivity index (χ0v) is 12.8. The molecule has 4 heteroatoms. The number of nitrogens with one attached hydrogen (secondary N) is 1. The minimum atomic E-state index is -0.530. The van der Waals surface area contributed by atoms with Gasteiger partial charge in [0.1, 0.15) is 11.6 Å². The molecule has 19 heavy (non-hydrogen) atoms. The van der Waals surface area contributed by atoms with Crippen molar-refractivity contribution < 1.29 is 14.3 Å². The molecule has 0 aromatic heterocycles. The zero-order valence-electron chi connectivity index (χ0n) is 12.8. The van der Waals surface area contributed by atoms with E-state index in [1.54, 1.807) is 0 Å². The molecule has 0 unspecified atom stereocenters. The van der Waals surface area contributed by atoms with Crippen LogP contribution in [0, 0.1) is 11.8 Å². The van der Waals surface area contributed by atoms with Gasteiger partial charge in [-0.05, 0) is 39.5 Å². The SMILES string of the molecule is CC[C@H](C)[C@H](NC(=O)C1CCC1)C(=O)OC(C)(C)C. The normalized spacial score (nSPS) is 19.2. The summed E-state index contributed by atoms with van der Waals surface area (Å²) in [6.07, 6.45) is 3.81. The Bertz CT molecular complexity index is 329. The highest BCUT2D eigenvalue weighted by atomic mass is 16.6. The van der Waals surface area contributed by atoms with E-state index in [0.717, 1.165) is 25.7 Å². The van der Waals surface area contributed by atoms with Crippen LogP contribution in [0.5, 0.6) is 0 Å². The highest BCUT2D eigenvalue weighted by Gasteiger charge is 2.33. The first-order chi connectivity index (χ1) is 8.74. The number of hydrogen-bond donors (Lipinski definition) is 1. The minimum absolute atomic E-state index is 0.00223. The molecule has 1 rings (SSSR count). The van der Waals surface area contributed by atoms with E-state index < -0.39 is 11.6 Å². The maximum Gasteiger partial charge on any atom is 0.329 e. The third-order valence-corrected chi connectivity index (χ3v) is 3.65. The number of rotatable bonds is 5. The first-order valence-corrected chi connectivity index (χ1v) is 7.28. The maximum absolute atomic E-state index is 12.2. The van der Waals surface area contributed by atoms with Gasteiger partial charge in [0.2, 0.25) is 5.91 Å². The van der Waals surface area contributed by atoms with Gasteiger partial charge in [0.05, 0.1) is 0 Å². The molecule has 0 bridgehead atoms. The van der Waals surface area contributed by atoms with Crippen LogP contribution >= 0.6 is 0 Å². The largest absolute Gasteiger partial charge is 0.458 e. The molecule has 0 spiro atoms. The van der Waals surface area contributed by atoms with E-state index in [2.05, 4.69) is 5.32 Å². The van der Waals surface area contributed by atoms with Crippen molar-refractivity contribution in [3.63, 3.8) is 0 Å². The molecular formula is C15H27NO3. The molecule has 0 radical (unpaired) electrons. The van der Waals surface area contributed by atoms with Gasteiger partial charge < -0.3 is 10.1 Å². The second-order valence-electron chi connectivity index (χ2n) is 6.53. The molecule has 0 aliphatic heterocycles. The highest BCUT2D eigenvalue weighted by molar-refractivity contribution is 5.86. The number of carbonyl (C=O) groups excluding carboxylic acids is 2. The molecule has 0 saturated heterocycles. The average Bonchev–Trinajstić information content (AvgIpc) is 2.19. The molecule has 1 saturated carbocycles. The smallest absolute Gasteiger partial charge is 0.329 e.